The molecule has 1 atom stereocenters. The summed E-state index contributed by atoms with van der Waals surface area (Å²) in [6, 6.07) is 7.15. The van der Waals surface area contributed by atoms with Gasteiger partial charge in [-0.15, -0.1) is 0 Å². The lowest BCUT2D eigenvalue weighted by molar-refractivity contribution is -0.383. The molecular formula is C16H14ClN3O4S. The van der Waals surface area contributed by atoms with E-state index in [1.54, 1.807) is 12.1 Å². The molecule has 1 aliphatic rings. The molecular weight excluding hydrogens is 366 g/mol. The highest BCUT2D eigenvalue weighted by Crippen LogP contribution is 2.28. The number of halogens is 1. The van der Waals surface area contributed by atoms with Crippen molar-refractivity contribution in [3.05, 3.63) is 57.2 Å². The molecule has 2 aromatic rings. The highest BCUT2D eigenvalue weighted by Gasteiger charge is 2.19. The molecule has 0 spiro atoms. The summed E-state index contributed by atoms with van der Waals surface area (Å²) < 4.78 is 5.72. The van der Waals surface area contributed by atoms with Crippen LogP contribution in [0.3, 0.4) is 0 Å². The van der Waals surface area contributed by atoms with Crippen LogP contribution in [-0.2, 0) is 0 Å². The number of amides is 1. The van der Waals surface area contributed by atoms with Crippen LogP contribution in [0.2, 0.25) is 5.02 Å². The number of hydrogen-bond donors (Lipinski definition) is 1. The van der Waals surface area contributed by atoms with E-state index in [1.165, 1.54) is 24.4 Å². The minimum Gasteiger partial charge on any atom is -0.473 e. The number of carbonyl (C=O) groups excluding carboxylic acids is 1. The number of ether oxygens (including phenoxy) is 1. The highest BCUT2D eigenvalue weighted by atomic mass is 35.5. The molecule has 0 bridgehead atoms. The number of aromatic nitrogens is 1. The molecule has 25 heavy (non-hydrogen) atoms. The topological polar surface area (TPSA) is 94.4 Å². The first-order valence-corrected chi connectivity index (χ1v) is 9.02. The van der Waals surface area contributed by atoms with Crippen LogP contribution in [0, 0.1) is 10.1 Å². The van der Waals surface area contributed by atoms with Crippen molar-refractivity contribution >= 4 is 40.6 Å². The van der Waals surface area contributed by atoms with Gasteiger partial charge >= 0.3 is 0 Å². The maximum Gasteiger partial charge on any atom is 0.292 e. The third kappa shape index (κ3) is 4.40. The van der Waals surface area contributed by atoms with Crippen molar-refractivity contribution in [1.82, 2.24) is 4.98 Å². The first-order valence-electron chi connectivity index (χ1n) is 7.48. The average Bonchev–Trinajstić information content (AvgIpc) is 3.08. The van der Waals surface area contributed by atoms with Gasteiger partial charge in [-0.05, 0) is 30.4 Å². The van der Waals surface area contributed by atoms with Crippen molar-refractivity contribution in [2.24, 2.45) is 0 Å². The van der Waals surface area contributed by atoms with Gasteiger partial charge in [0.2, 0.25) is 5.88 Å². The molecule has 1 unspecified atom stereocenters. The maximum atomic E-state index is 12.3. The van der Waals surface area contributed by atoms with Gasteiger partial charge < -0.3 is 10.1 Å². The molecule has 1 aromatic carbocycles. The Hall–Kier alpha value is -2.32. The van der Waals surface area contributed by atoms with Crippen molar-refractivity contribution in [2.45, 2.75) is 12.5 Å². The first-order chi connectivity index (χ1) is 12.0. The van der Waals surface area contributed by atoms with E-state index >= 15 is 0 Å². The third-order valence-electron chi connectivity index (χ3n) is 3.58. The molecule has 130 valence electrons. The number of hydrogen-bond acceptors (Lipinski definition) is 6. The Labute approximate surface area is 152 Å². The molecule has 1 amide bonds. The second-order valence-electron chi connectivity index (χ2n) is 5.36. The summed E-state index contributed by atoms with van der Waals surface area (Å²) in [5, 5.41) is 13.8. The lowest BCUT2D eigenvalue weighted by atomic mass is 10.2. The number of rotatable bonds is 5. The predicted octanol–water partition coefficient (Wildman–Crippen LogP) is 3.78. The standard InChI is InChI=1S/C16H14ClN3O4S/c17-11-2-3-14(20(22)23)13(7-11)19-16(21)10-1-4-15(18-8-10)24-12-5-6-25-9-12/h1-4,7-8,12H,5-6,9H2,(H,19,21). The Bertz CT molecular complexity index is 794. The van der Waals surface area contributed by atoms with Crippen molar-refractivity contribution in [1.29, 1.82) is 0 Å². The summed E-state index contributed by atoms with van der Waals surface area (Å²) in [5.74, 6) is 1.95. The smallest absolute Gasteiger partial charge is 0.292 e. The van der Waals surface area contributed by atoms with E-state index in [4.69, 9.17) is 16.3 Å². The Morgan fingerprint density at radius 1 is 1.40 bits per heavy atom. The SMILES string of the molecule is O=C(Nc1cc(Cl)ccc1[N+](=O)[O-])c1ccc(OC2CCSC2)nc1. The molecule has 0 aliphatic carbocycles. The zero-order valence-corrected chi connectivity index (χ0v) is 14.5. The predicted molar refractivity (Wildman–Crippen MR) is 96.7 cm³/mol. The van der Waals surface area contributed by atoms with E-state index in [0.29, 0.717) is 5.88 Å². The van der Waals surface area contributed by atoms with Crippen LogP contribution in [0.1, 0.15) is 16.8 Å². The van der Waals surface area contributed by atoms with Gasteiger partial charge in [0.1, 0.15) is 11.8 Å². The molecule has 1 fully saturated rings. The minimum atomic E-state index is -0.583. The quantitative estimate of drug-likeness (QED) is 0.627. The van der Waals surface area contributed by atoms with Gasteiger partial charge in [-0.25, -0.2) is 4.98 Å². The number of anilines is 1. The van der Waals surface area contributed by atoms with E-state index in [1.807, 2.05) is 11.8 Å². The largest absolute Gasteiger partial charge is 0.473 e. The normalized spacial score (nSPS) is 16.4. The second-order valence-corrected chi connectivity index (χ2v) is 6.95. The van der Waals surface area contributed by atoms with Gasteiger partial charge in [0.15, 0.2) is 0 Å². The number of thioether (sulfide) groups is 1. The van der Waals surface area contributed by atoms with Crippen molar-refractivity contribution in [2.75, 3.05) is 16.8 Å². The number of pyridine rings is 1. The van der Waals surface area contributed by atoms with Gasteiger partial charge in [-0.1, -0.05) is 11.6 Å². The number of nitrogens with zero attached hydrogens (tertiary/aromatic N) is 2. The zero-order valence-electron chi connectivity index (χ0n) is 13.0. The zero-order chi connectivity index (χ0) is 17.8. The summed E-state index contributed by atoms with van der Waals surface area (Å²) in [4.78, 5) is 26.9. The number of nitro groups is 1. The van der Waals surface area contributed by atoms with Crippen LogP contribution in [0.5, 0.6) is 5.88 Å². The number of nitrogens with one attached hydrogen (secondary N) is 1. The minimum absolute atomic E-state index is 0.0332. The molecule has 1 N–H and O–H groups in total. The lowest BCUT2D eigenvalue weighted by Gasteiger charge is -2.11. The Morgan fingerprint density at radius 2 is 2.24 bits per heavy atom. The fraction of sp³-hybridized carbons (Fsp3) is 0.250. The second kappa shape index (κ2) is 7.71. The molecule has 1 aromatic heterocycles. The number of carbonyl (C=O) groups is 1. The fourth-order valence-corrected chi connectivity index (χ4v) is 3.59. The summed E-state index contributed by atoms with van der Waals surface area (Å²) in [7, 11) is 0. The van der Waals surface area contributed by atoms with Crippen LogP contribution in [0.15, 0.2) is 36.5 Å². The van der Waals surface area contributed by atoms with E-state index in [2.05, 4.69) is 10.3 Å². The molecule has 1 saturated heterocycles. The van der Waals surface area contributed by atoms with E-state index in [-0.39, 0.29) is 28.1 Å². The average molecular weight is 380 g/mol. The van der Waals surface area contributed by atoms with Crippen LogP contribution in [0.25, 0.3) is 0 Å². The van der Waals surface area contributed by atoms with Gasteiger partial charge in [0.05, 0.1) is 10.5 Å². The molecule has 0 saturated carbocycles. The molecule has 0 radical (unpaired) electrons. The van der Waals surface area contributed by atoms with E-state index in [0.717, 1.165) is 17.9 Å². The molecule has 1 aliphatic heterocycles. The van der Waals surface area contributed by atoms with Gasteiger partial charge in [-0.3, -0.25) is 14.9 Å². The summed E-state index contributed by atoms with van der Waals surface area (Å²) >= 11 is 7.68. The highest BCUT2D eigenvalue weighted by molar-refractivity contribution is 7.99. The monoisotopic (exact) mass is 379 g/mol. The Balaban J connectivity index is 1.71. The van der Waals surface area contributed by atoms with Gasteiger partial charge in [0, 0.05) is 29.1 Å². The fourth-order valence-electron chi connectivity index (χ4n) is 2.32. The molecule has 7 nitrogen and oxygen atoms in total. The maximum absolute atomic E-state index is 12.3. The molecule has 2 heterocycles. The van der Waals surface area contributed by atoms with Crippen LogP contribution >= 0.6 is 23.4 Å². The summed E-state index contributed by atoms with van der Waals surface area (Å²) in [6.45, 7) is 0. The van der Waals surface area contributed by atoms with Crippen molar-refractivity contribution in [3.8, 4) is 5.88 Å². The van der Waals surface area contributed by atoms with Crippen LogP contribution in [0.4, 0.5) is 11.4 Å². The first kappa shape index (κ1) is 17.5. The third-order valence-corrected chi connectivity index (χ3v) is 4.94. The van der Waals surface area contributed by atoms with Crippen LogP contribution in [-0.4, -0.2) is 33.4 Å². The van der Waals surface area contributed by atoms with E-state index in [9.17, 15) is 14.9 Å². The van der Waals surface area contributed by atoms with E-state index < -0.39 is 10.8 Å². The summed E-state index contributed by atoms with van der Waals surface area (Å²) in [6.07, 6.45) is 2.50. The summed E-state index contributed by atoms with van der Waals surface area (Å²) in [5.41, 5.74) is 0.0672. The number of nitro benzene ring substituents is 1. The Kier molecular flexibility index (Phi) is 5.40. The molecule has 9 heteroatoms. The van der Waals surface area contributed by atoms with Crippen LogP contribution < -0.4 is 10.1 Å². The van der Waals surface area contributed by atoms with Crippen molar-refractivity contribution < 1.29 is 14.5 Å². The Morgan fingerprint density at radius 3 is 2.88 bits per heavy atom. The van der Waals surface area contributed by atoms with Gasteiger partial charge in [0.25, 0.3) is 11.6 Å². The van der Waals surface area contributed by atoms with Crippen molar-refractivity contribution in [3.63, 3.8) is 0 Å². The lowest BCUT2D eigenvalue weighted by Crippen LogP contribution is -2.16. The number of benzene rings is 1. The molecule has 3 rings (SSSR count). The van der Waals surface area contributed by atoms with Gasteiger partial charge in [-0.2, -0.15) is 11.8 Å².